The number of nitrogens with two attached hydrogens (primary N) is 1. The predicted molar refractivity (Wildman–Crippen MR) is 94.7 cm³/mol. The van der Waals surface area contributed by atoms with Crippen LogP contribution in [-0.2, 0) is 11.2 Å². The van der Waals surface area contributed by atoms with Crippen LogP contribution in [0.1, 0.15) is 29.9 Å². The lowest BCUT2D eigenvalue weighted by molar-refractivity contribution is -0.118. The Morgan fingerprint density at radius 1 is 1.43 bits per heavy atom. The Labute approximate surface area is 145 Å². The lowest BCUT2D eigenvalue weighted by Crippen LogP contribution is -2.39. The van der Waals surface area contributed by atoms with Gasteiger partial charge >= 0.3 is 0 Å². The molecule has 0 bridgehead atoms. The predicted octanol–water partition coefficient (Wildman–Crippen LogP) is 3.53. The van der Waals surface area contributed by atoms with E-state index in [0.717, 1.165) is 10.4 Å². The van der Waals surface area contributed by atoms with Crippen molar-refractivity contribution in [2.45, 2.75) is 33.2 Å². The number of anilines is 1. The summed E-state index contributed by atoms with van der Waals surface area (Å²) in [5.41, 5.74) is 7.30. The highest BCUT2D eigenvalue weighted by atomic mass is 35.5. The molecule has 1 aromatic heterocycles. The Hall–Kier alpha value is -1.50. The molecular formula is C16H21ClFN3OS. The molecule has 0 radical (unpaired) electrons. The number of hydrogen-bond donors (Lipinski definition) is 2. The molecule has 0 spiro atoms. The fraction of sp³-hybridized carbons (Fsp3) is 0.375. The molecule has 0 aliphatic rings. The first-order valence-electron chi connectivity index (χ1n) is 7.13. The van der Waals surface area contributed by atoms with E-state index in [1.807, 2.05) is 19.9 Å². The summed E-state index contributed by atoms with van der Waals surface area (Å²) in [5.74, 6) is -0.384. The molecule has 2 rings (SSSR count). The van der Waals surface area contributed by atoms with Crippen LogP contribution in [0.4, 0.5) is 9.52 Å². The highest BCUT2D eigenvalue weighted by Gasteiger charge is 2.18. The first kappa shape index (κ1) is 19.5. The third-order valence-corrected chi connectivity index (χ3v) is 4.33. The summed E-state index contributed by atoms with van der Waals surface area (Å²) < 4.78 is 13.5. The molecule has 0 saturated carbocycles. The molecule has 0 unspecified atom stereocenters. The average molecular weight is 358 g/mol. The number of nitrogens with zero attached hydrogens (tertiary/aromatic N) is 1. The van der Waals surface area contributed by atoms with Crippen molar-refractivity contribution in [2.24, 2.45) is 11.7 Å². The van der Waals surface area contributed by atoms with Gasteiger partial charge in [0.05, 0.1) is 6.04 Å². The van der Waals surface area contributed by atoms with Gasteiger partial charge in [0, 0.05) is 17.5 Å². The van der Waals surface area contributed by atoms with Crippen molar-refractivity contribution in [3.05, 3.63) is 46.2 Å². The molecule has 0 fully saturated rings. The summed E-state index contributed by atoms with van der Waals surface area (Å²) >= 11 is 1.37. The highest BCUT2D eigenvalue weighted by Crippen LogP contribution is 2.22. The molecule has 2 aromatic rings. The summed E-state index contributed by atoms with van der Waals surface area (Å²) in [5, 5.41) is 3.24. The van der Waals surface area contributed by atoms with Gasteiger partial charge in [-0.25, -0.2) is 9.37 Å². The molecule has 1 atom stereocenters. The van der Waals surface area contributed by atoms with Crippen LogP contribution in [0.25, 0.3) is 0 Å². The van der Waals surface area contributed by atoms with Crippen molar-refractivity contribution in [1.82, 2.24) is 4.98 Å². The summed E-state index contributed by atoms with van der Waals surface area (Å²) in [6.45, 7) is 5.52. The SMILES string of the molecule is Cc1ccc(Cc2cnc(NC(=O)[C@@H](N)C(C)C)s2)cc1F.Cl. The average Bonchev–Trinajstić information content (AvgIpc) is 2.89. The number of aryl methyl sites for hydroxylation is 1. The van der Waals surface area contributed by atoms with Crippen molar-refractivity contribution in [1.29, 1.82) is 0 Å². The van der Waals surface area contributed by atoms with Crippen LogP contribution in [0.2, 0.25) is 0 Å². The van der Waals surface area contributed by atoms with Crippen molar-refractivity contribution >= 4 is 34.8 Å². The number of halogens is 2. The smallest absolute Gasteiger partial charge is 0.243 e. The van der Waals surface area contributed by atoms with Crippen LogP contribution in [-0.4, -0.2) is 16.9 Å². The fourth-order valence-corrected chi connectivity index (χ4v) is 2.74. The van der Waals surface area contributed by atoms with Gasteiger partial charge in [-0.1, -0.05) is 26.0 Å². The second-order valence-electron chi connectivity index (χ2n) is 5.65. The second-order valence-corrected chi connectivity index (χ2v) is 6.77. The van der Waals surface area contributed by atoms with Crippen molar-refractivity contribution in [3.8, 4) is 0 Å². The number of hydrogen-bond acceptors (Lipinski definition) is 4. The first-order valence-corrected chi connectivity index (χ1v) is 7.94. The largest absolute Gasteiger partial charge is 0.320 e. The normalized spacial score (nSPS) is 11.9. The second kappa shape index (κ2) is 8.38. The molecule has 0 aliphatic heterocycles. The number of aromatic nitrogens is 1. The Morgan fingerprint density at radius 3 is 2.74 bits per heavy atom. The maximum Gasteiger partial charge on any atom is 0.243 e. The van der Waals surface area contributed by atoms with Crippen LogP contribution in [0.5, 0.6) is 0 Å². The molecule has 1 aromatic carbocycles. The molecule has 126 valence electrons. The van der Waals surface area contributed by atoms with Gasteiger partial charge in [-0.05, 0) is 30.0 Å². The molecule has 1 heterocycles. The molecule has 0 aliphatic carbocycles. The van der Waals surface area contributed by atoms with Gasteiger partial charge in [0.2, 0.25) is 5.91 Å². The Kier molecular flexibility index (Phi) is 7.12. The van der Waals surface area contributed by atoms with Gasteiger partial charge in [-0.3, -0.25) is 4.79 Å². The zero-order valence-electron chi connectivity index (χ0n) is 13.3. The van der Waals surface area contributed by atoms with E-state index < -0.39 is 6.04 Å². The third-order valence-electron chi connectivity index (χ3n) is 3.42. The van der Waals surface area contributed by atoms with Gasteiger partial charge in [0.15, 0.2) is 5.13 Å². The Morgan fingerprint density at radius 2 is 2.13 bits per heavy atom. The standard InChI is InChI=1S/C16H20FN3OS.ClH/c1-9(2)14(18)15(21)20-16-19-8-12(22-16)6-11-5-4-10(3)13(17)7-11;/h4-5,7-9,14H,6,18H2,1-3H3,(H,19,20,21);1H/t14-;/m0./s1. The van der Waals surface area contributed by atoms with E-state index in [1.165, 1.54) is 17.4 Å². The molecule has 0 saturated heterocycles. The fourth-order valence-electron chi connectivity index (χ4n) is 1.89. The van der Waals surface area contributed by atoms with Gasteiger partial charge in [0.25, 0.3) is 0 Å². The molecule has 7 heteroatoms. The van der Waals surface area contributed by atoms with Crippen LogP contribution in [0.3, 0.4) is 0 Å². The highest BCUT2D eigenvalue weighted by molar-refractivity contribution is 7.15. The zero-order chi connectivity index (χ0) is 16.3. The van der Waals surface area contributed by atoms with E-state index in [1.54, 1.807) is 19.2 Å². The monoisotopic (exact) mass is 357 g/mol. The maximum absolute atomic E-state index is 13.5. The van der Waals surface area contributed by atoms with E-state index in [9.17, 15) is 9.18 Å². The minimum absolute atomic E-state index is 0. The van der Waals surface area contributed by atoms with E-state index in [2.05, 4.69) is 10.3 Å². The number of benzene rings is 1. The minimum atomic E-state index is -0.557. The van der Waals surface area contributed by atoms with Crippen LogP contribution < -0.4 is 11.1 Å². The minimum Gasteiger partial charge on any atom is -0.320 e. The topological polar surface area (TPSA) is 68.0 Å². The number of carbonyl (C=O) groups is 1. The van der Waals surface area contributed by atoms with E-state index in [0.29, 0.717) is 17.1 Å². The van der Waals surface area contributed by atoms with E-state index >= 15 is 0 Å². The summed E-state index contributed by atoms with van der Waals surface area (Å²) in [7, 11) is 0. The van der Waals surface area contributed by atoms with E-state index in [-0.39, 0.29) is 30.0 Å². The summed E-state index contributed by atoms with van der Waals surface area (Å²) in [6.07, 6.45) is 2.28. The van der Waals surface area contributed by atoms with Gasteiger partial charge in [-0.2, -0.15) is 0 Å². The van der Waals surface area contributed by atoms with Gasteiger partial charge < -0.3 is 11.1 Å². The maximum atomic E-state index is 13.5. The third kappa shape index (κ3) is 5.27. The number of nitrogens with one attached hydrogen (secondary N) is 1. The van der Waals surface area contributed by atoms with Gasteiger partial charge in [0.1, 0.15) is 5.82 Å². The molecule has 3 N–H and O–H groups in total. The lowest BCUT2D eigenvalue weighted by Gasteiger charge is -2.13. The molecule has 23 heavy (non-hydrogen) atoms. The van der Waals surface area contributed by atoms with Crippen molar-refractivity contribution in [2.75, 3.05) is 5.32 Å². The van der Waals surface area contributed by atoms with E-state index in [4.69, 9.17) is 5.73 Å². The lowest BCUT2D eigenvalue weighted by atomic mass is 10.1. The van der Waals surface area contributed by atoms with Crippen LogP contribution in [0, 0.1) is 18.7 Å². The van der Waals surface area contributed by atoms with Crippen LogP contribution in [0.15, 0.2) is 24.4 Å². The van der Waals surface area contributed by atoms with Crippen LogP contribution >= 0.6 is 23.7 Å². The first-order chi connectivity index (χ1) is 10.4. The summed E-state index contributed by atoms with van der Waals surface area (Å²) in [6, 6.07) is 4.63. The Balaban J connectivity index is 0.00000264. The number of amides is 1. The van der Waals surface area contributed by atoms with Gasteiger partial charge in [-0.15, -0.1) is 23.7 Å². The zero-order valence-corrected chi connectivity index (χ0v) is 14.9. The Bertz CT molecular complexity index is 675. The molecule has 4 nitrogen and oxygen atoms in total. The summed E-state index contributed by atoms with van der Waals surface area (Å²) in [4.78, 5) is 17.0. The number of carbonyl (C=O) groups excluding carboxylic acids is 1. The number of thiazole rings is 1. The van der Waals surface area contributed by atoms with Crippen molar-refractivity contribution in [3.63, 3.8) is 0 Å². The molecular weight excluding hydrogens is 337 g/mol. The number of rotatable bonds is 5. The molecule has 1 amide bonds. The van der Waals surface area contributed by atoms with Crippen molar-refractivity contribution < 1.29 is 9.18 Å². The quantitative estimate of drug-likeness (QED) is 0.860.